The number of halogens is 1. The number of rotatable bonds is 8. The molecule has 0 radical (unpaired) electrons. The number of nitrogens with zero attached hydrogens (tertiary/aromatic N) is 2. The Morgan fingerprint density at radius 3 is 2.77 bits per heavy atom. The third-order valence-electron chi connectivity index (χ3n) is 4.95. The summed E-state index contributed by atoms with van der Waals surface area (Å²) in [7, 11) is 0. The Morgan fingerprint density at radius 2 is 1.97 bits per heavy atom. The van der Waals surface area contributed by atoms with Crippen molar-refractivity contribution < 1.29 is 9.21 Å². The number of para-hydroxylation sites is 1. The molecule has 0 aliphatic carbocycles. The molecule has 31 heavy (non-hydrogen) atoms. The van der Waals surface area contributed by atoms with Gasteiger partial charge in [-0.3, -0.25) is 14.2 Å². The summed E-state index contributed by atoms with van der Waals surface area (Å²) in [6, 6.07) is 14.8. The summed E-state index contributed by atoms with van der Waals surface area (Å²) in [4.78, 5) is 30.3. The van der Waals surface area contributed by atoms with Crippen LogP contribution in [0.3, 0.4) is 0 Å². The number of fused-ring (bicyclic) bond motifs is 3. The van der Waals surface area contributed by atoms with Gasteiger partial charge in [-0.15, -0.1) is 0 Å². The van der Waals surface area contributed by atoms with Crippen LogP contribution in [-0.2, 0) is 17.9 Å². The van der Waals surface area contributed by atoms with E-state index in [2.05, 4.69) is 12.2 Å². The van der Waals surface area contributed by atoms with Gasteiger partial charge >= 0.3 is 0 Å². The summed E-state index contributed by atoms with van der Waals surface area (Å²) in [6.07, 6.45) is 1.77. The fourth-order valence-corrected chi connectivity index (χ4v) is 4.34. The number of thioether (sulfide) groups is 1. The van der Waals surface area contributed by atoms with Gasteiger partial charge in [-0.1, -0.05) is 67.0 Å². The van der Waals surface area contributed by atoms with Crippen molar-refractivity contribution in [2.75, 3.05) is 5.75 Å². The topological polar surface area (TPSA) is 77.1 Å². The summed E-state index contributed by atoms with van der Waals surface area (Å²) < 4.78 is 7.40. The van der Waals surface area contributed by atoms with E-state index in [0.717, 1.165) is 23.8 Å². The number of nitrogens with one attached hydrogen (secondary N) is 1. The third-order valence-corrected chi connectivity index (χ3v) is 6.29. The summed E-state index contributed by atoms with van der Waals surface area (Å²) >= 11 is 7.40. The highest BCUT2D eigenvalue weighted by atomic mass is 35.5. The van der Waals surface area contributed by atoms with E-state index >= 15 is 0 Å². The fourth-order valence-electron chi connectivity index (χ4n) is 3.29. The predicted octanol–water partition coefficient (Wildman–Crippen LogP) is 5.00. The number of furan rings is 1. The first-order valence-electron chi connectivity index (χ1n) is 10.1. The van der Waals surface area contributed by atoms with Gasteiger partial charge in [-0.05, 0) is 30.2 Å². The minimum absolute atomic E-state index is 0.143. The molecule has 4 aromatic rings. The number of unbranched alkanes of at least 4 members (excludes halogenated alkanes) is 1. The van der Waals surface area contributed by atoms with Crippen LogP contribution in [-0.4, -0.2) is 21.2 Å². The van der Waals surface area contributed by atoms with Crippen molar-refractivity contribution in [3.05, 3.63) is 69.5 Å². The highest BCUT2D eigenvalue weighted by molar-refractivity contribution is 7.99. The summed E-state index contributed by atoms with van der Waals surface area (Å²) in [5, 5.41) is 4.80. The smallest absolute Gasteiger partial charge is 0.297 e. The van der Waals surface area contributed by atoms with Crippen molar-refractivity contribution in [2.24, 2.45) is 0 Å². The normalized spacial score (nSPS) is 11.3. The molecule has 0 saturated carbocycles. The molecular formula is C23H22ClN3O3S. The zero-order valence-corrected chi connectivity index (χ0v) is 18.6. The molecule has 160 valence electrons. The molecule has 1 N–H and O–H groups in total. The van der Waals surface area contributed by atoms with E-state index in [1.165, 1.54) is 11.8 Å². The Labute approximate surface area is 188 Å². The van der Waals surface area contributed by atoms with Crippen LogP contribution in [0.1, 0.15) is 25.3 Å². The first-order valence-corrected chi connectivity index (χ1v) is 11.5. The molecule has 2 heterocycles. The van der Waals surface area contributed by atoms with Gasteiger partial charge in [0, 0.05) is 23.5 Å². The van der Waals surface area contributed by atoms with Crippen molar-refractivity contribution in [3.8, 4) is 0 Å². The zero-order valence-electron chi connectivity index (χ0n) is 17.1. The number of benzene rings is 2. The number of amides is 1. The highest BCUT2D eigenvalue weighted by Gasteiger charge is 2.18. The molecule has 0 saturated heterocycles. The molecule has 0 fully saturated rings. The Kier molecular flexibility index (Phi) is 6.63. The Morgan fingerprint density at radius 1 is 1.19 bits per heavy atom. The Hall–Kier alpha value is -2.77. The van der Waals surface area contributed by atoms with Gasteiger partial charge in [0.2, 0.25) is 11.5 Å². The number of hydrogen-bond donors (Lipinski definition) is 1. The Bertz CT molecular complexity index is 1300. The van der Waals surface area contributed by atoms with Crippen LogP contribution in [0, 0.1) is 0 Å². The van der Waals surface area contributed by atoms with Gasteiger partial charge in [-0.25, -0.2) is 4.98 Å². The minimum Gasteiger partial charge on any atom is -0.448 e. The second-order valence-electron chi connectivity index (χ2n) is 7.14. The van der Waals surface area contributed by atoms with Crippen LogP contribution >= 0.6 is 23.4 Å². The van der Waals surface area contributed by atoms with E-state index in [9.17, 15) is 9.59 Å². The molecule has 0 aliphatic heterocycles. The van der Waals surface area contributed by atoms with Crippen molar-refractivity contribution in [1.29, 1.82) is 0 Å². The lowest BCUT2D eigenvalue weighted by Gasteiger charge is -2.11. The third kappa shape index (κ3) is 4.62. The van der Waals surface area contributed by atoms with Gasteiger partial charge in [0.05, 0.1) is 5.75 Å². The second-order valence-corrected chi connectivity index (χ2v) is 8.49. The first-order chi connectivity index (χ1) is 15.1. The maximum absolute atomic E-state index is 13.1. The first kappa shape index (κ1) is 21.5. The summed E-state index contributed by atoms with van der Waals surface area (Å²) in [6.45, 7) is 2.94. The molecule has 2 aromatic carbocycles. The maximum atomic E-state index is 13.1. The quantitative estimate of drug-likeness (QED) is 0.298. The average Bonchev–Trinajstić information content (AvgIpc) is 3.15. The zero-order chi connectivity index (χ0) is 21.8. The van der Waals surface area contributed by atoms with Crippen molar-refractivity contribution in [2.45, 2.75) is 38.0 Å². The van der Waals surface area contributed by atoms with Crippen molar-refractivity contribution in [3.63, 3.8) is 0 Å². The highest BCUT2D eigenvalue weighted by Crippen LogP contribution is 2.27. The number of carbonyl (C=O) groups excluding carboxylic acids is 1. The SMILES string of the molecule is CCCCn1c(SCC(=O)NCc2ccccc2Cl)nc2c(oc3ccccc32)c1=O. The Balaban J connectivity index is 1.58. The van der Waals surface area contributed by atoms with E-state index < -0.39 is 0 Å². The standard InChI is InChI=1S/C23H22ClN3O3S/c1-2-3-12-27-22(29)21-20(16-9-5-7-11-18(16)30-21)26-23(27)31-14-19(28)25-13-15-8-4-6-10-17(15)24/h4-11H,2-3,12-14H2,1H3,(H,25,28). The predicted molar refractivity (Wildman–Crippen MR) is 125 cm³/mol. The molecule has 0 bridgehead atoms. The van der Waals surface area contributed by atoms with Gasteiger partial charge < -0.3 is 9.73 Å². The van der Waals surface area contributed by atoms with Crippen LogP contribution in [0.25, 0.3) is 22.1 Å². The van der Waals surface area contributed by atoms with Gasteiger partial charge in [-0.2, -0.15) is 0 Å². The van der Waals surface area contributed by atoms with Crippen LogP contribution in [0.15, 0.2) is 62.9 Å². The lowest BCUT2D eigenvalue weighted by atomic mass is 10.2. The van der Waals surface area contributed by atoms with E-state index in [-0.39, 0.29) is 22.8 Å². The summed E-state index contributed by atoms with van der Waals surface area (Å²) in [5.41, 5.74) is 2.06. The molecule has 0 aliphatic rings. The number of hydrogen-bond acceptors (Lipinski definition) is 5. The molecule has 0 spiro atoms. The van der Waals surface area contributed by atoms with Crippen molar-refractivity contribution >= 4 is 51.3 Å². The van der Waals surface area contributed by atoms with E-state index in [1.807, 2.05) is 42.5 Å². The van der Waals surface area contributed by atoms with E-state index in [1.54, 1.807) is 10.6 Å². The van der Waals surface area contributed by atoms with E-state index in [0.29, 0.717) is 34.4 Å². The van der Waals surface area contributed by atoms with Crippen molar-refractivity contribution in [1.82, 2.24) is 14.9 Å². The van der Waals surface area contributed by atoms with Gasteiger partial charge in [0.15, 0.2) is 5.16 Å². The van der Waals surface area contributed by atoms with Crippen LogP contribution in [0.2, 0.25) is 5.02 Å². The molecular weight excluding hydrogens is 434 g/mol. The molecule has 8 heteroatoms. The lowest BCUT2D eigenvalue weighted by Crippen LogP contribution is -2.26. The monoisotopic (exact) mass is 455 g/mol. The fraction of sp³-hybridized carbons (Fsp3) is 0.261. The van der Waals surface area contributed by atoms with Crippen LogP contribution in [0.5, 0.6) is 0 Å². The van der Waals surface area contributed by atoms with Crippen LogP contribution < -0.4 is 10.9 Å². The van der Waals surface area contributed by atoms with Gasteiger partial charge in [0.1, 0.15) is 11.1 Å². The minimum atomic E-state index is -0.214. The molecule has 0 atom stereocenters. The average molecular weight is 456 g/mol. The van der Waals surface area contributed by atoms with E-state index in [4.69, 9.17) is 21.0 Å². The molecule has 4 rings (SSSR count). The summed E-state index contributed by atoms with van der Waals surface area (Å²) in [5.74, 6) is -0.0111. The molecule has 2 aromatic heterocycles. The molecule has 6 nitrogen and oxygen atoms in total. The number of carbonyl (C=O) groups is 1. The number of aromatic nitrogens is 2. The molecule has 0 unspecified atom stereocenters. The lowest BCUT2D eigenvalue weighted by molar-refractivity contribution is -0.118. The second kappa shape index (κ2) is 9.58. The van der Waals surface area contributed by atoms with Crippen LogP contribution in [0.4, 0.5) is 0 Å². The maximum Gasteiger partial charge on any atom is 0.297 e. The largest absolute Gasteiger partial charge is 0.448 e. The molecule has 1 amide bonds. The van der Waals surface area contributed by atoms with Gasteiger partial charge in [0.25, 0.3) is 5.56 Å².